The average Bonchev–Trinajstić information content (AvgIpc) is 2.58. The van der Waals surface area contributed by atoms with E-state index in [-0.39, 0.29) is 0 Å². The summed E-state index contributed by atoms with van der Waals surface area (Å²) in [6.07, 6.45) is 4.82. The first-order chi connectivity index (χ1) is 10.8. The minimum atomic E-state index is 0.419. The number of nitrogens with two attached hydrogens (primary N) is 1. The van der Waals surface area contributed by atoms with Gasteiger partial charge in [-0.25, -0.2) is 9.97 Å². The van der Waals surface area contributed by atoms with Crippen LogP contribution in [0.1, 0.15) is 0 Å². The molecule has 0 amide bonds. The highest BCUT2D eigenvalue weighted by Gasteiger charge is 2.08. The van der Waals surface area contributed by atoms with Gasteiger partial charge in [-0.05, 0) is 24.3 Å². The van der Waals surface area contributed by atoms with Crippen LogP contribution in [0.15, 0.2) is 61.2 Å². The zero-order chi connectivity index (χ0) is 15.2. The van der Waals surface area contributed by atoms with E-state index in [1.165, 1.54) is 6.33 Å². The standard InChI is InChI=1S/C15H15N7/c16-13-14(20-11-6-8-17-9-7-11)18-10-19-15(13)22-21-12-4-2-1-3-5-12/h1-10,21H,16H2,(H2,17,18,19,20,22). The summed E-state index contributed by atoms with van der Waals surface area (Å²) in [6.45, 7) is 0. The summed E-state index contributed by atoms with van der Waals surface area (Å²) in [5.74, 6) is 1.02. The fourth-order valence-electron chi connectivity index (χ4n) is 1.82. The van der Waals surface area contributed by atoms with Crippen molar-refractivity contribution in [1.29, 1.82) is 0 Å². The Bertz CT molecular complexity index is 731. The van der Waals surface area contributed by atoms with Crippen molar-refractivity contribution in [1.82, 2.24) is 15.0 Å². The maximum atomic E-state index is 6.09. The van der Waals surface area contributed by atoms with Crippen molar-refractivity contribution >= 4 is 28.7 Å². The maximum absolute atomic E-state index is 6.09. The Hall–Kier alpha value is -3.35. The number of nitrogen functional groups attached to an aromatic ring is 1. The molecule has 5 N–H and O–H groups in total. The second-order valence-electron chi connectivity index (χ2n) is 4.46. The minimum Gasteiger partial charge on any atom is -0.393 e. The van der Waals surface area contributed by atoms with E-state index in [2.05, 4.69) is 31.1 Å². The summed E-state index contributed by atoms with van der Waals surface area (Å²) in [5.41, 5.74) is 14.3. The first-order valence-corrected chi connectivity index (χ1v) is 6.67. The molecule has 7 heteroatoms. The first-order valence-electron chi connectivity index (χ1n) is 6.67. The predicted octanol–water partition coefficient (Wildman–Crippen LogP) is 2.64. The van der Waals surface area contributed by atoms with E-state index in [1.807, 2.05) is 42.5 Å². The van der Waals surface area contributed by atoms with Gasteiger partial charge in [0, 0.05) is 18.1 Å². The van der Waals surface area contributed by atoms with Gasteiger partial charge in [-0.3, -0.25) is 15.8 Å². The van der Waals surface area contributed by atoms with Crippen LogP contribution >= 0.6 is 0 Å². The number of nitrogens with zero attached hydrogens (tertiary/aromatic N) is 3. The summed E-state index contributed by atoms with van der Waals surface area (Å²) in [6, 6.07) is 13.3. The molecule has 110 valence electrons. The molecule has 1 aromatic carbocycles. The van der Waals surface area contributed by atoms with Crippen LogP contribution < -0.4 is 21.9 Å². The lowest BCUT2D eigenvalue weighted by Crippen LogP contribution is -2.13. The number of para-hydroxylation sites is 1. The van der Waals surface area contributed by atoms with E-state index >= 15 is 0 Å². The molecule has 0 bridgehead atoms. The van der Waals surface area contributed by atoms with Crippen LogP contribution in [0.2, 0.25) is 0 Å². The van der Waals surface area contributed by atoms with Crippen LogP contribution in [0, 0.1) is 0 Å². The van der Waals surface area contributed by atoms with Crippen LogP contribution in [-0.2, 0) is 0 Å². The van der Waals surface area contributed by atoms with E-state index in [4.69, 9.17) is 5.73 Å². The zero-order valence-electron chi connectivity index (χ0n) is 11.7. The lowest BCUT2D eigenvalue weighted by molar-refractivity contribution is 1.16. The van der Waals surface area contributed by atoms with Gasteiger partial charge in [0.05, 0.1) is 5.69 Å². The highest BCUT2D eigenvalue weighted by Crippen LogP contribution is 2.25. The monoisotopic (exact) mass is 293 g/mol. The van der Waals surface area contributed by atoms with E-state index in [0.717, 1.165) is 11.4 Å². The number of hydrogen-bond donors (Lipinski definition) is 4. The summed E-state index contributed by atoms with van der Waals surface area (Å²) < 4.78 is 0. The largest absolute Gasteiger partial charge is 0.393 e. The Morgan fingerprint density at radius 2 is 1.50 bits per heavy atom. The quantitative estimate of drug-likeness (QED) is 0.536. The molecule has 7 nitrogen and oxygen atoms in total. The van der Waals surface area contributed by atoms with Crippen LogP contribution in [-0.4, -0.2) is 15.0 Å². The highest BCUT2D eigenvalue weighted by molar-refractivity contribution is 5.78. The van der Waals surface area contributed by atoms with E-state index in [9.17, 15) is 0 Å². The van der Waals surface area contributed by atoms with Crippen molar-refractivity contribution in [3.05, 3.63) is 61.2 Å². The number of pyridine rings is 1. The van der Waals surface area contributed by atoms with Gasteiger partial charge in [0.15, 0.2) is 11.6 Å². The lowest BCUT2D eigenvalue weighted by Gasteiger charge is -2.13. The van der Waals surface area contributed by atoms with E-state index in [0.29, 0.717) is 17.3 Å². The number of hydrazine groups is 1. The Kier molecular flexibility index (Phi) is 3.96. The first kappa shape index (κ1) is 13.6. The van der Waals surface area contributed by atoms with E-state index in [1.54, 1.807) is 12.4 Å². The van der Waals surface area contributed by atoms with Gasteiger partial charge >= 0.3 is 0 Å². The van der Waals surface area contributed by atoms with Gasteiger partial charge in [0.25, 0.3) is 0 Å². The molecule has 0 aliphatic heterocycles. The van der Waals surface area contributed by atoms with Crippen molar-refractivity contribution < 1.29 is 0 Å². The van der Waals surface area contributed by atoms with Crippen LogP contribution in [0.3, 0.4) is 0 Å². The molecule has 0 spiro atoms. The van der Waals surface area contributed by atoms with Crippen LogP contribution in [0.5, 0.6) is 0 Å². The topological polar surface area (TPSA) is 101 Å². The van der Waals surface area contributed by atoms with Gasteiger partial charge in [0.1, 0.15) is 12.0 Å². The third-order valence-electron chi connectivity index (χ3n) is 2.93. The molecular weight excluding hydrogens is 278 g/mol. The molecule has 0 fully saturated rings. The zero-order valence-corrected chi connectivity index (χ0v) is 11.7. The van der Waals surface area contributed by atoms with Crippen molar-refractivity contribution in [2.24, 2.45) is 0 Å². The molecule has 22 heavy (non-hydrogen) atoms. The predicted molar refractivity (Wildman–Crippen MR) is 87.7 cm³/mol. The second kappa shape index (κ2) is 6.40. The summed E-state index contributed by atoms with van der Waals surface area (Å²) in [7, 11) is 0. The molecule has 3 rings (SSSR count). The van der Waals surface area contributed by atoms with Crippen LogP contribution in [0.25, 0.3) is 0 Å². The fourth-order valence-corrected chi connectivity index (χ4v) is 1.82. The minimum absolute atomic E-state index is 0.419. The average molecular weight is 293 g/mol. The summed E-state index contributed by atoms with van der Waals surface area (Å²) in [5, 5.41) is 3.13. The maximum Gasteiger partial charge on any atom is 0.173 e. The van der Waals surface area contributed by atoms with Crippen molar-refractivity contribution in [3.63, 3.8) is 0 Å². The van der Waals surface area contributed by atoms with Crippen molar-refractivity contribution in [2.45, 2.75) is 0 Å². The van der Waals surface area contributed by atoms with Crippen molar-refractivity contribution in [2.75, 3.05) is 21.9 Å². The highest BCUT2D eigenvalue weighted by atomic mass is 15.4. The van der Waals surface area contributed by atoms with Crippen LogP contribution in [0.4, 0.5) is 28.7 Å². The molecule has 0 aliphatic rings. The Labute approximate surface area is 127 Å². The van der Waals surface area contributed by atoms with Gasteiger partial charge < -0.3 is 11.1 Å². The van der Waals surface area contributed by atoms with Gasteiger partial charge in [0.2, 0.25) is 0 Å². The SMILES string of the molecule is Nc1c(NNc2ccccc2)ncnc1Nc1ccncc1. The van der Waals surface area contributed by atoms with Gasteiger partial charge in [-0.1, -0.05) is 18.2 Å². The molecule has 0 unspecified atom stereocenters. The molecule has 0 saturated heterocycles. The smallest absolute Gasteiger partial charge is 0.173 e. The number of benzene rings is 1. The number of nitrogens with one attached hydrogen (secondary N) is 3. The molecule has 0 atom stereocenters. The molecule has 3 aromatic rings. The molecular formula is C15H15N7. The normalized spacial score (nSPS) is 10.0. The number of anilines is 5. The summed E-state index contributed by atoms with van der Waals surface area (Å²) in [4.78, 5) is 12.3. The lowest BCUT2D eigenvalue weighted by atomic mass is 10.3. The number of aromatic nitrogens is 3. The van der Waals surface area contributed by atoms with Gasteiger partial charge in [-0.2, -0.15) is 0 Å². The fraction of sp³-hybridized carbons (Fsp3) is 0. The van der Waals surface area contributed by atoms with E-state index < -0.39 is 0 Å². The molecule has 2 heterocycles. The summed E-state index contributed by atoms with van der Waals surface area (Å²) >= 11 is 0. The van der Waals surface area contributed by atoms with Crippen molar-refractivity contribution in [3.8, 4) is 0 Å². The Morgan fingerprint density at radius 1 is 0.773 bits per heavy atom. The molecule has 0 saturated carbocycles. The number of rotatable bonds is 5. The third-order valence-corrected chi connectivity index (χ3v) is 2.93. The Balaban J connectivity index is 1.74. The van der Waals surface area contributed by atoms with Gasteiger partial charge in [-0.15, -0.1) is 0 Å². The third kappa shape index (κ3) is 3.21. The Morgan fingerprint density at radius 3 is 2.27 bits per heavy atom. The molecule has 0 radical (unpaired) electrons. The molecule has 2 aromatic heterocycles. The second-order valence-corrected chi connectivity index (χ2v) is 4.46. The molecule has 0 aliphatic carbocycles. The number of hydrogen-bond acceptors (Lipinski definition) is 7.